The highest BCUT2D eigenvalue weighted by atomic mass is 127. The van der Waals surface area contributed by atoms with Gasteiger partial charge in [-0.3, -0.25) is 4.79 Å². The van der Waals surface area contributed by atoms with Gasteiger partial charge < -0.3 is 11.1 Å². The monoisotopic (exact) mass is 384 g/mol. The first-order valence-electron chi connectivity index (χ1n) is 5.05. The van der Waals surface area contributed by atoms with E-state index in [4.69, 9.17) is 17.3 Å². The molecule has 3 N–H and O–H groups in total. The molecule has 94 valence electrons. The van der Waals surface area contributed by atoms with E-state index in [-0.39, 0.29) is 5.91 Å². The number of hydrogen-bond donors (Lipinski definition) is 2. The van der Waals surface area contributed by atoms with Crippen molar-refractivity contribution in [1.82, 2.24) is 0 Å². The molecule has 0 spiro atoms. The van der Waals surface area contributed by atoms with Gasteiger partial charge in [0.15, 0.2) is 0 Å². The molecule has 0 heterocycles. The first-order valence-corrected chi connectivity index (χ1v) is 7.90. The van der Waals surface area contributed by atoms with Gasteiger partial charge in [0, 0.05) is 8.59 Å². The van der Waals surface area contributed by atoms with E-state index < -0.39 is 6.04 Å². The van der Waals surface area contributed by atoms with Crippen molar-refractivity contribution in [2.75, 3.05) is 17.3 Å². The van der Waals surface area contributed by atoms with Crippen molar-refractivity contribution in [3.05, 3.63) is 26.8 Å². The molecular weight excluding hydrogens is 371 g/mol. The fraction of sp³-hybridized carbons (Fsp3) is 0.364. The Bertz CT molecular complexity index is 403. The smallest absolute Gasteiger partial charge is 0.241 e. The third-order valence-corrected chi connectivity index (χ3v) is 3.93. The number of halogens is 2. The van der Waals surface area contributed by atoms with E-state index in [1.807, 2.05) is 6.26 Å². The number of benzene rings is 1. The minimum absolute atomic E-state index is 0.153. The van der Waals surface area contributed by atoms with Crippen LogP contribution in [-0.4, -0.2) is 24.0 Å². The lowest BCUT2D eigenvalue weighted by Gasteiger charge is -2.12. The summed E-state index contributed by atoms with van der Waals surface area (Å²) in [7, 11) is 0. The maximum absolute atomic E-state index is 11.8. The summed E-state index contributed by atoms with van der Waals surface area (Å²) in [5, 5.41) is 3.46. The van der Waals surface area contributed by atoms with Crippen LogP contribution in [0.15, 0.2) is 18.2 Å². The van der Waals surface area contributed by atoms with Crippen LogP contribution in [0.1, 0.15) is 6.42 Å². The van der Waals surface area contributed by atoms with Crippen molar-refractivity contribution in [3.8, 4) is 0 Å². The number of carbonyl (C=O) groups excluding carboxylic acids is 1. The Labute approximate surface area is 124 Å². The highest BCUT2D eigenvalue weighted by Crippen LogP contribution is 2.22. The predicted molar refractivity (Wildman–Crippen MR) is 83.8 cm³/mol. The van der Waals surface area contributed by atoms with Crippen LogP contribution >= 0.6 is 46.0 Å². The molecule has 0 unspecified atom stereocenters. The van der Waals surface area contributed by atoms with Crippen LogP contribution in [0.2, 0.25) is 5.02 Å². The number of amides is 1. The highest BCUT2D eigenvalue weighted by molar-refractivity contribution is 14.1. The van der Waals surface area contributed by atoms with Gasteiger partial charge in [-0.05, 0) is 59.2 Å². The number of rotatable bonds is 5. The van der Waals surface area contributed by atoms with Crippen LogP contribution in [0.25, 0.3) is 0 Å². The molecule has 1 aromatic carbocycles. The van der Waals surface area contributed by atoms with Crippen LogP contribution < -0.4 is 11.1 Å². The highest BCUT2D eigenvalue weighted by Gasteiger charge is 2.14. The summed E-state index contributed by atoms with van der Waals surface area (Å²) in [6.45, 7) is 0. The Kier molecular flexibility index (Phi) is 6.61. The number of nitrogens with two attached hydrogens (primary N) is 1. The van der Waals surface area contributed by atoms with E-state index in [1.54, 1.807) is 30.0 Å². The first kappa shape index (κ1) is 15.1. The average molecular weight is 385 g/mol. The van der Waals surface area contributed by atoms with Crippen LogP contribution in [0.4, 0.5) is 5.69 Å². The van der Waals surface area contributed by atoms with Crippen LogP contribution in [0.3, 0.4) is 0 Å². The SMILES string of the molecule is CSCC[C@@H](N)C(=O)Nc1ccc(Cl)cc1I. The molecule has 0 fully saturated rings. The Morgan fingerprint density at radius 3 is 2.94 bits per heavy atom. The molecule has 1 rings (SSSR count). The Morgan fingerprint density at radius 2 is 2.35 bits per heavy atom. The van der Waals surface area contributed by atoms with Crippen molar-refractivity contribution in [2.45, 2.75) is 12.5 Å². The third kappa shape index (κ3) is 5.03. The lowest BCUT2D eigenvalue weighted by molar-refractivity contribution is -0.117. The summed E-state index contributed by atoms with van der Waals surface area (Å²) in [4.78, 5) is 11.8. The molecule has 1 atom stereocenters. The number of anilines is 1. The van der Waals surface area contributed by atoms with Crippen molar-refractivity contribution in [1.29, 1.82) is 0 Å². The molecule has 3 nitrogen and oxygen atoms in total. The molecule has 0 aliphatic rings. The summed E-state index contributed by atoms with van der Waals surface area (Å²) in [5.74, 6) is 0.728. The molecule has 1 aromatic rings. The van der Waals surface area contributed by atoms with Crippen LogP contribution in [-0.2, 0) is 4.79 Å². The Morgan fingerprint density at radius 1 is 1.65 bits per heavy atom. The second-order valence-electron chi connectivity index (χ2n) is 3.50. The molecule has 6 heteroatoms. The zero-order valence-corrected chi connectivity index (χ0v) is 13.1. The summed E-state index contributed by atoms with van der Waals surface area (Å²) in [6.07, 6.45) is 2.67. The summed E-state index contributed by atoms with van der Waals surface area (Å²) in [6, 6.07) is 4.86. The van der Waals surface area contributed by atoms with Crippen molar-refractivity contribution in [3.63, 3.8) is 0 Å². The molecule has 0 aromatic heterocycles. The molecular formula is C11H14ClIN2OS. The number of thioether (sulfide) groups is 1. The van der Waals surface area contributed by atoms with Gasteiger partial charge in [0.1, 0.15) is 0 Å². The van der Waals surface area contributed by atoms with E-state index in [0.717, 1.165) is 15.0 Å². The van der Waals surface area contributed by atoms with Gasteiger partial charge in [0.2, 0.25) is 5.91 Å². The maximum Gasteiger partial charge on any atom is 0.241 e. The quantitative estimate of drug-likeness (QED) is 0.768. The third-order valence-electron chi connectivity index (χ3n) is 2.16. The van der Waals surface area contributed by atoms with E-state index in [0.29, 0.717) is 11.4 Å². The lowest BCUT2D eigenvalue weighted by Crippen LogP contribution is -2.36. The summed E-state index contributed by atoms with van der Waals surface area (Å²) in [5.41, 5.74) is 6.53. The topological polar surface area (TPSA) is 55.1 Å². The standard InChI is InChI=1S/C11H14ClIN2OS/c1-17-5-4-9(14)11(16)15-10-3-2-7(12)6-8(10)13/h2-3,6,9H,4-5,14H2,1H3,(H,15,16)/t9-/m1/s1. The van der Waals surface area contributed by atoms with Gasteiger partial charge in [-0.1, -0.05) is 11.6 Å². The largest absolute Gasteiger partial charge is 0.324 e. The molecule has 1 amide bonds. The number of nitrogens with one attached hydrogen (secondary N) is 1. The number of carbonyl (C=O) groups is 1. The molecule has 0 bridgehead atoms. The minimum Gasteiger partial charge on any atom is -0.324 e. The molecule has 0 saturated heterocycles. The second kappa shape index (κ2) is 7.45. The first-order chi connectivity index (χ1) is 8.04. The van der Waals surface area contributed by atoms with E-state index in [9.17, 15) is 4.79 Å². The van der Waals surface area contributed by atoms with Crippen LogP contribution in [0, 0.1) is 3.57 Å². The molecule has 17 heavy (non-hydrogen) atoms. The van der Waals surface area contributed by atoms with E-state index >= 15 is 0 Å². The summed E-state index contributed by atoms with van der Waals surface area (Å²) >= 11 is 9.65. The molecule has 0 radical (unpaired) electrons. The van der Waals surface area contributed by atoms with Gasteiger partial charge in [-0.25, -0.2) is 0 Å². The van der Waals surface area contributed by atoms with Crippen LogP contribution in [0.5, 0.6) is 0 Å². The predicted octanol–water partition coefficient (Wildman–Crippen LogP) is 2.96. The minimum atomic E-state index is -0.464. The van der Waals surface area contributed by atoms with Gasteiger partial charge in [-0.15, -0.1) is 0 Å². The normalized spacial score (nSPS) is 12.2. The van der Waals surface area contributed by atoms with Crippen molar-refractivity contribution >= 4 is 57.5 Å². The average Bonchev–Trinajstić information content (AvgIpc) is 2.29. The fourth-order valence-electron chi connectivity index (χ4n) is 1.19. The maximum atomic E-state index is 11.8. The van der Waals surface area contributed by atoms with Gasteiger partial charge >= 0.3 is 0 Å². The van der Waals surface area contributed by atoms with E-state index in [1.165, 1.54) is 0 Å². The molecule has 0 saturated carbocycles. The van der Waals surface area contributed by atoms with E-state index in [2.05, 4.69) is 27.9 Å². The van der Waals surface area contributed by atoms with Gasteiger partial charge in [-0.2, -0.15) is 11.8 Å². The second-order valence-corrected chi connectivity index (χ2v) is 6.09. The van der Waals surface area contributed by atoms with Crippen molar-refractivity contribution in [2.24, 2.45) is 5.73 Å². The fourth-order valence-corrected chi connectivity index (χ4v) is 2.69. The Balaban J connectivity index is 2.61. The molecule has 0 aliphatic carbocycles. The van der Waals surface area contributed by atoms with Gasteiger partial charge in [0.25, 0.3) is 0 Å². The summed E-state index contributed by atoms with van der Waals surface area (Å²) < 4.78 is 0.903. The number of hydrogen-bond acceptors (Lipinski definition) is 3. The lowest BCUT2D eigenvalue weighted by atomic mass is 10.2. The zero-order chi connectivity index (χ0) is 12.8. The Hall–Kier alpha value is 0.0200. The van der Waals surface area contributed by atoms with Gasteiger partial charge in [0.05, 0.1) is 11.7 Å². The zero-order valence-electron chi connectivity index (χ0n) is 9.37. The molecule has 0 aliphatic heterocycles. The van der Waals surface area contributed by atoms with Crippen molar-refractivity contribution < 1.29 is 4.79 Å².